The van der Waals surface area contributed by atoms with Gasteiger partial charge in [0.25, 0.3) is 0 Å². The van der Waals surface area contributed by atoms with E-state index >= 15 is 0 Å². The molecule has 1 aliphatic rings. The Bertz CT molecular complexity index is 519. The van der Waals surface area contributed by atoms with E-state index in [1.54, 1.807) is 12.0 Å². The second-order valence-corrected chi connectivity index (χ2v) is 4.96. The van der Waals surface area contributed by atoms with Gasteiger partial charge in [-0.1, -0.05) is 12.1 Å². The van der Waals surface area contributed by atoms with Crippen molar-refractivity contribution in [3.63, 3.8) is 0 Å². The summed E-state index contributed by atoms with van der Waals surface area (Å²) in [7, 11) is 1.57. The minimum atomic E-state index is -0.458. The van der Waals surface area contributed by atoms with Crippen LogP contribution in [0.15, 0.2) is 24.3 Å². The summed E-state index contributed by atoms with van der Waals surface area (Å²) in [5, 5.41) is 2.77. The minimum Gasteiger partial charge on any atom is -0.495 e. The predicted octanol–water partition coefficient (Wildman–Crippen LogP) is 0.656. The molecule has 1 heterocycles. The molecule has 1 saturated heterocycles. The molecule has 1 fully saturated rings. The number of nitrogens with one attached hydrogen (secondary N) is 1. The van der Waals surface area contributed by atoms with Crippen LogP contribution in [0.2, 0.25) is 0 Å². The number of hydrogen-bond donors (Lipinski definition) is 2. The summed E-state index contributed by atoms with van der Waals surface area (Å²) >= 11 is 0. The summed E-state index contributed by atoms with van der Waals surface area (Å²) in [6.45, 7) is 1.04. The smallest absolute Gasteiger partial charge is 0.249 e. The molecule has 0 aliphatic carbocycles. The molecule has 1 aromatic rings. The van der Waals surface area contributed by atoms with Crippen LogP contribution in [0.4, 0.5) is 5.69 Å². The molecule has 114 valence electrons. The van der Waals surface area contributed by atoms with Crippen molar-refractivity contribution in [3.8, 4) is 5.75 Å². The maximum Gasteiger partial charge on any atom is 0.249 e. The number of carbonyl (C=O) groups excluding carboxylic acids is 2. The first-order valence-corrected chi connectivity index (χ1v) is 7.11. The zero-order chi connectivity index (χ0) is 15.2. The molecule has 2 rings (SSSR count). The second-order valence-electron chi connectivity index (χ2n) is 4.96. The number of methoxy groups -OCH3 is 1. The molecule has 0 spiro atoms. The molecule has 1 aliphatic heterocycles. The lowest BCUT2D eigenvalue weighted by atomic mass is 10.2. The summed E-state index contributed by atoms with van der Waals surface area (Å²) in [5.41, 5.74) is 6.11. The van der Waals surface area contributed by atoms with Crippen LogP contribution in [0.1, 0.15) is 19.3 Å². The lowest BCUT2D eigenvalue weighted by Gasteiger charge is -2.19. The van der Waals surface area contributed by atoms with Gasteiger partial charge in [0.05, 0.1) is 12.8 Å². The molecule has 0 radical (unpaired) electrons. The standard InChI is InChI=1S/C15H21N3O3/c1-21-13-6-3-2-5-12(13)18-10-8-11(15(18)20)17-14(19)7-4-9-16/h2-3,5-6,11H,4,7-10,16H2,1H3,(H,17,19). The highest BCUT2D eigenvalue weighted by atomic mass is 16.5. The van der Waals surface area contributed by atoms with E-state index in [1.165, 1.54) is 0 Å². The molecule has 6 nitrogen and oxygen atoms in total. The van der Waals surface area contributed by atoms with E-state index in [9.17, 15) is 9.59 Å². The SMILES string of the molecule is COc1ccccc1N1CCC(NC(=O)CCCN)C1=O. The lowest BCUT2D eigenvalue weighted by molar-refractivity contribution is -0.126. The molecule has 21 heavy (non-hydrogen) atoms. The van der Waals surface area contributed by atoms with E-state index in [1.807, 2.05) is 24.3 Å². The average molecular weight is 291 g/mol. The number of benzene rings is 1. The summed E-state index contributed by atoms with van der Waals surface area (Å²) in [5.74, 6) is 0.433. The van der Waals surface area contributed by atoms with Crippen molar-refractivity contribution >= 4 is 17.5 Å². The summed E-state index contributed by atoms with van der Waals surface area (Å²) < 4.78 is 5.28. The fraction of sp³-hybridized carbons (Fsp3) is 0.467. The molecule has 0 aromatic heterocycles. The highest BCUT2D eigenvalue weighted by molar-refractivity contribution is 6.02. The molecule has 1 atom stereocenters. The van der Waals surface area contributed by atoms with Gasteiger partial charge in [-0.05, 0) is 31.5 Å². The maximum absolute atomic E-state index is 12.4. The Morgan fingerprint density at radius 1 is 1.48 bits per heavy atom. The number of carbonyl (C=O) groups is 2. The van der Waals surface area contributed by atoms with Crippen LogP contribution in [0, 0.1) is 0 Å². The Hall–Kier alpha value is -2.08. The molecule has 6 heteroatoms. The van der Waals surface area contributed by atoms with Crippen molar-refractivity contribution in [1.29, 1.82) is 0 Å². The number of anilines is 1. The number of nitrogens with two attached hydrogens (primary N) is 1. The van der Waals surface area contributed by atoms with Gasteiger partial charge in [-0.15, -0.1) is 0 Å². The van der Waals surface area contributed by atoms with E-state index in [4.69, 9.17) is 10.5 Å². The van der Waals surface area contributed by atoms with Crippen molar-refractivity contribution in [2.45, 2.75) is 25.3 Å². The molecular formula is C15H21N3O3. The molecular weight excluding hydrogens is 270 g/mol. The lowest BCUT2D eigenvalue weighted by Crippen LogP contribution is -2.41. The third-order valence-corrected chi connectivity index (χ3v) is 3.52. The van der Waals surface area contributed by atoms with Gasteiger partial charge in [-0.25, -0.2) is 0 Å². The van der Waals surface area contributed by atoms with Gasteiger partial charge in [0.1, 0.15) is 11.8 Å². The zero-order valence-corrected chi connectivity index (χ0v) is 12.2. The Morgan fingerprint density at radius 2 is 2.24 bits per heavy atom. The van der Waals surface area contributed by atoms with Gasteiger partial charge < -0.3 is 20.7 Å². The number of amides is 2. The van der Waals surface area contributed by atoms with Crippen LogP contribution in [0.3, 0.4) is 0 Å². The van der Waals surface area contributed by atoms with Crippen LogP contribution < -0.4 is 20.7 Å². The van der Waals surface area contributed by atoms with Crippen molar-refractivity contribution < 1.29 is 14.3 Å². The number of rotatable bonds is 6. The first-order valence-electron chi connectivity index (χ1n) is 7.11. The third kappa shape index (κ3) is 3.52. The fourth-order valence-corrected chi connectivity index (χ4v) is 2.43. The third-order valence-electron chi connectivity index (χ3n) is 3.52. The van der Waals surface area contributed by atoms with Crippen molar-refractivity contribution in [2.75, 3.05) is 25.1 Å². The van der Waals surface area contributed by atoms with Crippen LogP contribution in [0.25, 0.3) is 0 Å². The average Bonchev–Trinajstić information content (AvgIpc) is 2.86. The molecule has 3 N–H and O–H groups in total. The maximum atomic E-state index is 12.4. The first kappa shape index (κ1) is 15.3. The van der Waals surface area contributed by atoms with Gasteiger partial charge >= 0.3 is 0 Å². The number of ether oxygens (including phenoxy) is 1. The Labute approximate surface area is 124 Å². The topological polar surface area (TPSA) is 84.7 Å². The number of hydrogen-bond acceptors (Lipinski definition) is 4. The van der Waals surface area contributed by atoms with Gasteiger partial charge in [0, 0.05) is 13.0 Å². The molecule has 1 unspecified atom stereocenters. The largest absolute Gasteiger partial charge is 0.495 e. The first-order chi connectivity index (χ1) is 10.2. The fourth-order valence-electron chi connectivity index (χ4n) is 2.43. The number of para-hydroxylation sites is 2. The molecule has 0 saturated carbocycles. The predicted molar refractivity (Wildman–Crippen MR) is 80.2 cm³/mol. The summed E-state index contributed by atoms with van der Waals surface area (Å²) in [4.78, 5) is 25.8. The van der Waals surface area contributed by atoms with Crippen LogP contribution in [0.5, 0.6) is 5.75 Å². The Kier molecular flexibility index (Phi) is 5.16. The van der Waals surface area contributed by atoms with E-state index in [-0.39, 0.29) is 11.8 Å². The quantitative estimate of drug-likeness (QED) is 0.806. The Morgan fingerprint density at radius 3 is 2.95 bits per heavy atom. The van der Waals surface area contributed by atoms with E-state index in [0.717, 1.165) is 5.69 Å². The van der Waals surface area contributed by atoms with Gasteiger partial charge in [0.15, 0.2) is 0 Å². The van der Waals surface area contributed by atoms with Gasteiger partial charge in [0.2, 0.25) is 11.8 Å². The summed E-state index contributed by atoms with van der Waals surface area (Å²) in [6.07, 6.45) is 1.59. The van der Waals surface area contributed by atoms with Crippen LogP contribution >= 0.6 is 0 Å². The number of nitrogens with zero attached hydrogens (tertiary/aromatic N) is 1. The molecule has 0 bridgehead atoms. The monoisotopic (exact) mass is 291 g/mol. The van der Waals surface area contributed by atoms with Crippen LogP contribution in [-0.4, -0.2) is 38.1 Å². The van der Waals surface area contributed by atoms with Crippen molar-refractivity contribution in [1.82, 2.24) is 5.32 Å². The van der Waals surface area contributed by atoms with Crippen molar-refractivity contribution in [3.05, 3.63) is 24.3 Å². The van der Waals surface area contributed by atoms with Gasteiger partial charge in [-0.3, -0.25) is 9.59 Å². The van der Waals surface area contributed by atoms with Gasteiger partial charge in [-0.2, -0.15) is 0 Å². The zero-order valence-electron chi connectivity index (χ0n) is 12.2. The second kappa shape index (κ2) is 7.08. The molecule has 1 aromatic carbocycles. The highest BCUT2D eigenvalue weighted by Gasteiger charge is 2.34. The van der Waals surface area contributed by atoms with E-state index in [0.29, 0.717) is 38.1 Å². The minimum absolute atomic E-state index is 0.0967. The summed E-state index contributed by atoms with van der Waals surface area (Å²) in [6, 6.07) is 6.92. The van der Waals surface area contributed by atoms with E-state index < -0.39 is 6.04 Å². The highest BCUT2D eigenvalue weighted by Crippen LogP contribution is 2.30. The molecule has 2 amide bonds. The van der Waals surface area contributed by atoms with Crippen LogP contribution in [-0.2, 0) is 9.59 Å². The normalized spacial score (nSPS) is 17.9. The van der Waals surface area contributed by atoms with Crippen molar-refractivity contribution in [2.24, 2.45) is 5.73 Å². The Balaban J connectivity index is 2.03. The van der Waals surface area contributed by atoms with E-state index in [2.05, 4.69) is 5.32 Å².